The molecule has 1 amide bonds. The fourth-order valence-electron chi connectivity index (χ4n) is 2.93. The number of carbonyl (C=O) groups is 1. The summed E-state index contributed by atoms with van der Waals surface area (Å²) < 4.78 is 0. The molecule has 0 aromatic heterocycles. The van der Waals surface area contributed by atoms with E-state index >= 15 is 0 Å². The minimum Gasteiger partial charge on any atom is -0.324 e. The second kappa shape index (κ2) is 7.80. The molecule has 4 nitrogen and oxygen atoms in total. The highest BCUT2D eigenvalue weighted by molar-refractivity contribution is 5.93. The maximum atomic E-state index is 12.2. The summed E-state index contributed by atoms with van der Waals surface area (Å²) in [5, 5.41) is 11.9. The van der Waals surface area contributed by atoms with Crippen LogP contribution >= 0.6 is 0 Å². The monoisotopic (exact) mass is 285 g/mol. The van der Waals surface area contributed by atoms with Gasteiger partial charge in [-0.25, -0.2) is 0 Å². The van der Waals surface area contributed by atoms with Crippen LogP contribution in [0.1, 0.15) is 44.1 Å². The Bertz CT molecular complexity index is 513. The Hall–Kier alpha value is -1.86. The summed E-state index contributed by atoms with van der Waals surface area (Å²) in [5.74, 6) is -0.0514. The molecule has 2 rings (SSSR count). The van der Waals surface area contributed by atoms with Gasteiger partial charge in [0.25, 0.3) is 0 Å². The molecule has 0 unspecified atom stereocenters. The Kier molecular flexibility index (Phi) is 5.77. The van der Waals surface area contributed by atoms with Crippen molar-refractivity contribution in [3.63, 3.8) is 0 Å². The fraction of sp³-hybridized carbons (Fsp3) is 0.529. The first-order valence-corrected chi connectivity index (χ1v) is 7.70. The average Bonchev–Trinajstić information content (AvgIpc) is 2.76. The Balaban J connectivity index is 1.90. The zero-order valence-electron chi connectivity index (χ0n) is 12.6. The van der Waals surface area contributed by atoms with Gasteiger partial charge in [-0.05, 0) is 32.0 Å². The molecule has 1 fully saturated rings. The quantitative estimate of drug-likeness (QED) is 0.865. The van der Waals surface area contributed by atoms with Gasteiger partial charge >= 0.3 is 0 Å². The summed E-state index contributed by atoms with van der Waals surface area (Å²) in [6, 6.07) is 9.70. The van der Waals surface area contributed by atoms with Crippen LogP contribution in [0.2, 0.25) is 0 Å². The van der Waals surface area contributed by atoms with Crippen molar-refractivity contribution in [3.05, 3.63) is 29.8 Å². The highest BCUT2D eigenvalue weighted by Gasteiger charge is 2.19. The molecule has 0 bridgehead atoms. The molecule has 0 atom stereocenters. The van der Waals surface area contributed by atoms with Gasteiger partial charge in [-0.15, -0.1) is 0 Å². The summed E-state index contributed by atoms with van der Waals surface area (Å²) in [5.41, 5.74) is 1.10. The number of nitrogens with zero attached hydrogens (tertiary/aromatic N) is 2. The normalized spacial score (nSPS) is 16.2. The van der Waals surface area contributed by atoms with E-state index < -0.39 is 0 Å². The van der Waals surface area contributed by atoms with Crippen molar-refractivity contribution in [2.45, 2.75) is 44.6 Å². The van der Waals surface area contributed by atoms with Crippen molar-refractivity contribution < 1.29 is 4.79 Å². The molecular formula is C17H23N3O. The molecule has 0 saturated heterocycles. The molecule has 1 saturated carbocycles. The predicted molar refractivity (Wildman–Crippen MR) is 83.9 cm³/mol. The minimum absolute atomic E-state index is 0.0514. The van der Waals surface area contributed by atoms with Gasteiger partial charge in [0.2, 0.25) is 5.91 Å². The van der Waals surface area contributed by atoms with Gasteiger partial charge in [0, 0.05) is 6.04 Å². The molecule has 1 aliphatic rings. The summed E-state index contributed by atoms with van der Waals surface area (Å²) in [7, 11) is 2.02. The minimum atomic E-state index is -0.0514. The van der Waals surface area contributed by atoms with Gasteiger partial charge in [-0.1, -0.05) is 37.8 Å². The molecule has 0 heterocycles. The number of likely N-dealkylation sites (N-methyl/N-ethyl adjacent to an activating group) is 1. The van der Waals surface area contributed by atoms with Crippen molar-refractivity contribution in [2.75, 3.05) is 18.9 Å². The van der Waals surface area contributed by atoms with Crippen molar-refractivity contribution in [2.24, 2.45) is 0 Å². The molecule has 1 aromatic rings. The lowest BCUT2D eigenvalue weighted by atomic mass is 10.1. The number of amides is 1. The van der Waals surface area contributed by atoms with Gasteiger partial charge < -0.3 is 5.32 Å². The molecule has 1 N–H and O–H groups in total. The van der Waals surface area contributed by atoms with Crippen molar-refractivity contribution in [3.8, 4) is 6.07 Å². The number of anilines is 1. The van der Waals surface area contributed by atoms with E-state index in [0.717, 1.165) is 0 Å². The predicted octanol–water partition coefficient (Wildman–Crippen LogP) is 3.15. The first-order valence-electron chi connectivity index (χ1n) is 7.70. The van der Waals surface area contributed by atoms with Crippen LogP contribution in [-0.2, 0) is 4.79 Å². The molecule has 112 valence electrons. The Labute approximate surface area is 126 Å². The van der Waals surface area contributed by atoms with Crippen molar-refractivity contribution >= 4 is 11.6 Å². The third-order valence-electron chi connectivity index (χ3n) is 4.16. The van der Waals surface area contributed by atoms with Crippen LogP contribution < -0.4 is 5.32 Å². The lowest BCUT2D eigenvalue weighted by Crippen LogP contribution is -2.37. The second-order valence-corrected chi connectivity index (χ2v) is 5.77. The molecule has 21 heavy (non-hydrogen) atoms. The van der Waals surface area contributed by atoms with E-state index in [9.17, 15) is 4.79 Å². The van der Waals surface area contributed by atoms with Crippen molar-refractivity contribution in [1.29, 1.82) is 5.26 Å². The van der Waals surface area contributed by atoms with E-state index in [0.29, 0.717) is 23.8 Å². The van der Waals surface area contributed by atoms with E-state index in [1.54, 1.807) is 18.2 Å². The Morgan fingerprint density at radius 1 is 1.29 bits per heavy atom. The lowest BCUT2D eigenvalue weighted by molar-refractivity contribution is -0.117. The van der Waals surface area contributed by atoms with E-state index in [1.807, 2.05) is 13.1 Å². The highest BCUT2D eigenvalue weighted by Crippen LogP contribution is 2.21. The van der Waals surface area contributed by atoms with Gasteiger partial charge in [-0.2, -0.15) is 5.26 Å². The number of para-hydroxylation sites is 1. The molecule has 1 aliphatic carbocycles. The summed E-state index contributed by atoms with van der Waals surface area (Å²) in [6.07, 6.45) is 7.50. The summed E-state index contributed by atoms with van der Waals surface area (Å²) >= 11 is 0. The molecule has 0 aliphatic heterocycles. The summed E-state index contributed by atoms with van der Waals surface area (Å²) in [4.78, 5) is 14.3. The van der Waals surface area contributed by atoms with Gasteiger partial charge in [0.05, 0.1) is 17.8 Å². The third-order valence-corrected chi connectivity index (χ3v) is 4.16. The number of benzene rings is 1. The van der Waals surface area contributed by atoms with E-state index in [-0.39, 0.29) is 5.91 Å². The van der Waals surface area contributed by atoms with E-state index in [1.165, 1.54) is 38.5 Å². The highest BCUT2D eigenvalue weighted by atomic mass is 16.2. The molecule has 1 aromatic carbocycles. The molecule has 4 heteroatoms. The van der Waals surface area contributed by atoms with Crippen LogP contribution in [0.4, 0.5) is 5.69 Å². The first-order chi connectivity index (χ1) is 10.2. The smallest absolute Gasteiger partial charge is 0.238 e. The third kappa shape index (κ3) is 4.57. The lowest BCUT2D eigenvalue weighted by Gasteiger charge is -2.26. The summed E-state index contributed by atoms with van der Waals surface area (Å²) in [6.45, 7) is 0.379. The molecular weight excluding hydrogens is 262 g/mol. The fourth-order valence-corrected chi connectivity index (χ4v) is 2.93. The SMILES string of the molecule is CN(CC(=O)Nc1ccccc1C#N)C1CCCCCC1. The number of nitriles is 1. The number of hydrogen-bond donors (Lipinski definition) is 1. The molecule has 0 spiro atoms. The second-order valence-electron chi connectivity index (χ2n) is 5.77. The zero-order chi connectivity index (χ0) is 15.1. The topological polar surface area (TPSA) is 56.1 Å². The molecule has 0 radical (unpaired) electrons. The number of hydrogen-bond acceptors (Lipinski definition) is 3. The average molecular weight is 285 g/mol. The van der Waals surface area contributed by atoms with Crippen LogP contribution in [0.15, 0.2) is 24.3 Å². The van der Waals surface area contributed by atoms with Crippen LogP contribution in [0, 0.1) is 11.3 Å². The first kappa shape index (κ1) is 15.5. The van der Waals surface area contributed by atoms with Crippen molar-refractivity contribution in [1.82, 2.24) is 4.90 Å². The van der Waals surface area contributed by atoms with Gasteiger partial charge in [0.15, 0.2) is 0 Å². The number of carbonyl (C=O) groups excluding carboxylic acids is 1. The Morgan fingerprint density at radius 2 is 1.95 bits per heavy atom. The van der Waals surface area contributed by atoms with Crippen LogP contribution in [-0.4, -0.2) is 30.4 Å². The number of nitrogens with one attached hydrogen (secondary N) is 1. The van der Waals surface area contributed by atoms with Crippen LogP contribution in [0.3, 0.4) is 0 Å². The van der Waals surface area contributed by atoms with Crippen LogP contribution in [0.25, 0.3) is 0 Å². The van der Waals surface area contributed by atoms with E-state index in [2.05, 4.69) is 16.3 Å². The van der Waals surface area contributed by atoms with E-state index in [4.69, 9.17) is 5.26 Å². The maximum Gasteiger partial charge on any atom is 0.238 e. The maximum absolute atomic E-state index is 12.2. The van der Waals surface area contributed by atoms with Crippen LogP contribution in [0.5, 0.6) is 0 Å². The van der Waals surface area contributed by atoms with Gasteiger partial charge in [0.1, 0.15) is 6.07 Å². The number of rotatable bonds is 4. The zero-order valence-corrected chi connectivity index (χ0v) is 12.6. The van der Waals surface area contributed by atoms with Gasteiger partial charge in [-0.3, -0.25) is 9.69 Å². The Morgan fingerprint density at radius 3 is 2.62 bits per heavy atom. The standard InChI is InChI=1S/C17H23N3O/c1-20(15-9-4-2-3-5-10-15)13-17(21)19-16-11-7-6-8-14(16)12-18/h6-8,11,15H,2-5,9-10,13H2,1H3,(H,19,21). The largest absolute Gasteiger partial charge is 0.324 e.